The molecular weight excluding hydrogens is 290 g/mol. The van der Waals surface area contributed by atoms with Gasteiger partial charge < -0.3 is 15.4 Å². The number of nitrogens with zero attached hydrogens (tertiary/aromatic N) is 1. The summed E-state index contributed by atoms with van der Waals surface area (Å²) in [6.07, 6.45) is 3.21. The summed E-state index contributed by atoms with van der Waals surface area (Å²) in [7, 11) is 1.66. The highest BCUT2D eigenvalue weighted by Gasteiger charge is 2.05. The molecule has 122 valence electrons. The molecule has 0 spiro atoms. The molecule has 0 unspecified atom stereocenters. The Labute approximate surface area is 137 Å². The number of ether oxygens (including phenoxy) is 1. The maximum Gasteiger partial charge on any atom is 0.314 e. The van der Waals surface area contributed by atoms with Crippen LogP contribution in [0.3, 0.4) is 0 Å². The van der Waals surface area contributed by atoms with Crippen LogP contribution >= 0.6 is 0 Å². The van der Waals surface area contributed by atoms with Gasteiger partial charge in [-0.15, -0.1) is 0 Å². The molecule has 0 aliphatic rings. The quantitative estimate of drug-likeness (QED) is 0.825. The van der Waals surface area contributed by atoms with Gasteiger partial charge in [0.05, 0.1) is 7.11 Å². The molecule has 0 bridgehead atoms. The maximum atomic E-state index is 11.8. The summed E-state index contributed by atoms with van der Waals surface area (Å²) in [5, 5.41) is 5.70. The second-order valence-corrected chi connectivity index (χ2v) is 5.32. The summed E-state index contributed by atoms with van der Waals surface area (Å²) in [5.41, 5.74) is 3.25. The number of benzene rings is 1. The van der Waals surface area contributed by atoms with Crippen molar-refractivity contribution in [2.45, 2.75) is 19.8 Å². The molecule has 5 heteroatoms. The summed E-state index contributed by atoms with van der Waals surface area (Å²) >= 11 is 0. The van der Waals surface area contributed by atoms with Crippen LogP contribution in [0.1, 0.15) is 16.8 Å². The van der Waals surface area contributed by atoms with E-state index in [0.717, 1.165) is 29.8 Å². The molecule has 23 heavy (non-hydrogen) atoms. The smallest absolute Gasteiger partial charge is 0.314 e. The lowest BCUT2D eigenvalue weighted by atomic mass is 10.1. The van der Waals surface area contributed by atoms with E-state index in [1.54, 1.807) is 13.3 Å². The Morgan fingerprint density at radius 3 is 2.61 bits per heavy atom. The topological polar surface area (TPSA) is 63.2 Å². The van der Waals surface area contributed by atoms with Gasteiger partial charge in [0.2, 0.25) is 0 Å². The molecule has 0 saturated carbocycles. The van der Waals surface area contributed by atoms with E-state index in [4.69, 9.17) is 4.74 Å². The molecular formula is C18H23N3O2. The van der Waals surface area contributed by atoms with E-state index in [1.165, 1.54) is 5.56 Å². The van der Waals surface area contributed by atoms with Crippen molar-refractivity contribution in [1.29, 1.82) is 0 Å². The third kappa shape index (κ3) is 5.62. The maximum absolute atomic E-state index is 11.8. The first-order valence-electron chi connectivity index (χ1n) is 7.74. The molecule has 0 fully saturated rings. The summed E-state index contributed by atoms with van der Waals surface area (Å²) in [4.78, 5) is 16.0. The number of pyridine rings is 1. The average molecular weight is 313 g/mol. The van der Waals surface area contributed by atoms with Gasteiger partial charge in [0.15, 0.2) is 0 Å². The van der Waals surface area contributed by atoms with Crippen molar-refractivity contribution in [1.82, 2.24) is 15.6 Å². The fourth-order valence-electron chi connectivity index (χ4n) is 2.33. The number of urea groups is 1. The Bertz CT molecular complexity index is 629. The number of aromatic nitrogens is 1. The van der Waals surface area contributed by atoms with Crippen molar-refractivity contribution < 1.29 is 9.53 Å². The first-order chi connectivity index (χ1) is 11.2. The van der Waals surface area contributed by atoms with Crippen LogP contribution in [-0.2, 0) is 12.8 Å². The SMILES string of the molecule is COc1ccc(C)cc1CCNC(=O)NCCc1ccccn1. The number of aryl methyl sites for hydroxylation is 1. The summed E-state index contributed by atoms with van der Waals surface area (Å²) in [6.45, 7) is 3.17. The molecule has 1 aromatic heterocycles. The molecule has 2 aromatic rings. The second-order valence-electron chi connectivity index (χ2n) is 5.32. The minimum atomic E-state index is -0.160. The number of carbonyl (C=O) groups excluding carboxylic acids is 1. The molecule has 0 aliphatic carbocycles. The molecule has 1 heterocycles. The highest BCUT2D eigenvalue weighted by Crippen LogP contribution is 2.19. The Balaban J connectivity index is 1.70. The Kier molecular flexibility index (Phi) is 6.41. The van der Waals surface area contributed by atoms with Gasteiger partial charge in [-0.3, -0.25) is 4.98 Å². The number of nitrogens with one attached hydrogen (secondary N) is 2. The zero-order chi connectivity index (χ0) is 16.5. The summed E-state index contributed by atoms with van der Waals surface area (Å²) < 4.78 is 5.34. The third-order valence-electron chi connectivity index (χ3n) is 3.51. The van der Waals surface area contributed by atoms with Crippen LogP contribution in [0.4, 0.5) is 4.79 Å². The van der Waals surface area contributed by atoms with Gasteiger partial charge in [-0.1, -0.05) is 23.8 Å². The number of amides is 2. The van der Waals surface area contributed by atoms with Gasteiger partial charge >= 0.3 is 6.03 Å². The first-order valence-corrected chi connectivity index (χ1v) is 7.74. The first kappa shape index (κ1) is 16.8. The Hall–Kier alpha value is -2.56. The zero-order valence-electron chi connectivity index (χ0n) is 13.6. The van der Waals surface area contributed by atoms with Gasteiger partial charge in [-0.05, 0) is 37.1 Å². The monoisotopic (exact) mass is 313 g/mol. The second kappa shape index (κ2) is 8.78. The van der Waals surface area contributed by atoms with Crippen LogP contribution in [0.25, 0.3) is 0 Å². The van der Waals surface area contributed by atoms with Crippen molar-refractivity contribution in [3.8, 4) is 5.75 Å². The molecule has 0 aliphatic heterocycles. The van der Waals surface area contributed by atoms with Crippen LogP contribution in [0, 0.1) is 6.92 Å². The van der Waals surface area contributed by atoms with Crippen LogP contribution in [0.15, 0.2) is 42.6 Å². The van der Waals surface area contributed by atoms with E-state index in [1.807, 2.05) is 37.3 Å². The van der Waals surface area contributed by atoms with Crippen LogP contribution in [0.5, 0.6) is 5.75 Å². The molecule has 5 nitrogen and oxygen atoms in total. The number of methoxy groups -OCH3 is 1. The highest BCUT2D eigenvalue weighted by molar-refractivity contribution is 5.73. The lowest BCUT2D eigenvalue weighted by Crippen LogP contribution is -2.37. The van der Waals surface area contributed by atoms with Gasteiger partial charge in [-0.25, -0.2) is 4.79 Å². The Morgan fingerprint density at radius 1 is 1.13 bits per heavy atom. The van der Waals surface area contributed by atoms with E-state index in [9.17, 15) is 4.79 Å². The van der Waals surface area contributed by atoms with E-state index < -0.39 is 0 Å². The van der Waals surface area contributed by atoms with E-state index in [0.29, 0.717) is 13.1 Å². The fraction of sp³-hybridized carbons (Fsp3) is 0.333. The van der Waals surface area contributed by atoms with Gasteiger partial charge in [-0.2, -0.15) is 0 Å². The van der Waals surface area contributed by atoms with E-state index in [2.05, 4.69) is 21.7 Å². The fourth-order valence-corrected chi connectivity index (χ4v) is 2.33. The van der Waals surface area contributed by atoms with Crippen molar-refractivity contribution in [2.75, 3.05) is 20.2 Å². The molecule has 0 saturated heterocycles. The van der Waals surface area contributed by atoms with Gasteiger partial charge in [0.1, 0.15) is 5.75 Å². The normalized spacial score (nSPS) is 10.2. The zero-order valence-corrected chi connectivity index (χ0v) is 13.6. The molecule has 2 N–H and O–H groups in total. The largest absolute Gasteiger partial charge is 0.496 e. The van der Waals surface area contributed by atoms with Crippen LogP contribution in [-0.4, -0.2) is 31.2 Å². The molecule has 1 aromatic carbocycles. The lowest BCUT2D eigenvalue weighted by Gasteiger charge is -2.11. The summed E-state index contributed by atoms with van der Waals surface area (Å²) in [6, 6.07) is 11.7. The van der Waals surface area contributed by atoms with E-state index in [-0.39, 0.29) is 6.03 Å². The molecule has 0 atom stereocenters. The van der Waals surface area contributed by atoms with Crippen LogP contribution < -0.4 is 15.4 Å². The number of hydrogen-bond acceptors (Lipinski definition) is 3. The lowest BCUT2D eigenvalue weighted by molar-refractivity contribution is 0.241. The number of hydrogen-bond donors (Lipinski definition) is 2. The number of carbonyl (C=O) groups is 1. The molecule has 0 radical (unpaired) electrons. The molecule has 2 rings (SSSR count). The highest BCUT2D eigenvalue weighted by atomic mass is 16.5. The predicted molar refractivity (Wildman–Crippen MR) is 90.8 cm³/mol. The molecule has 2 amide bonds. The standard InChI is InChI=1S/C18H23N3O2/c1-14-6-7-17(23-2)15(13-14)8-11-20-18(22)21-12-9-16-5-3-4-10-19-16/h3-7,10,13H,8-9,11-12H2,1-2H3,(H2,20,21,22). The van der Waals surface area contributed by atoms with E-state index >= 15 is 0 Å². The average Bonchev–Trinajstić information content (AvgIpc) is 2.56. The van der Waals surface area contributed by atoms with Crippen LogP contribution in [0.2, 0.25) is 0 Å². The Morgan fingerprint density at radius 2 is 1.91 bits per heavy atom. The van der Waals surface area contributed by atoms with Crippen molar-refractivity contribution >= 4 is 6.03 Å². The number of rotatable bonds is 7. The van der Waals surface area contributed by atoms with Crippen molar-refractivity contribution in [3.05, 3.63) is 59.4 Å². The summed E-state index contributed by atoms with van der Waals surface area (Å²) in [5.74, 6) is 0.855. The van der Waals surface area contributed by atoms with Crippen molar-refractivity contribution in [3.63, 3.8) is 0 Å². The van der Waals surface area contributed by atoms with Gasteiger partial charge in [0.25, 0.3) is 0 Å². The minimum absolute atomic E-state index is 0.160. The third-order valence-corrected chi connectivity index (χ3v) is 3.51. The predicted octanol–water partition coefficient (Wildman–Crippen LogP) is 2.48. The van der Waals surface area contributed by atoms with Crippen molar-refractivity contribution in [2.24, 2.45) is 0 Å². The van der Waals surface area contributed by atoms with Gasteiger partial charge in [0, 0.05) is 31.4 Å². The minimum Gasteiger partial charge on any atom is -0.496 e.